The quantitative estimate of drug-likeness (QED) is 0.819. The smallest absolute Gasteiger partial charge is 0.387 e. The Morgan fingerprint density at radius 3 is 2.73 bits per heavy atom. The second kappa shape index (κ2) is 7.37. The van der Waals surface area contributed by atoms with Crippen molar-refractivity contribution >= 4 is 17.4 Å². The fourth-order valence-corrected chi connectivity index (χ4v) is 3.71. The van der Waals surface area contributed by atoms with Crippen LogP contribution in [0.3, 0.4) is 0 Å². The second-order valence-corrected chi connectivity index (χ2v) is 6.74. The fourth-order valence-electron chi connectivity index (χ4n) is 3.38. The minimum atomic E-state index is -4.53. The molecule has 3 rings (SSSR count). The first-order valence-corrected chi connectivity index (χ1v) is 8.67. The molecule has 0 saturated carbocycles. The minimum Gasteiger partial charge on any atom is -0.387 e. The number of rotatable bonds is 4. The van der Waals surface area contributed by atoms with Gasteiger partial charge in [-0.25, -0.2) is 0 Å². The lowest BCUT2D eigenvalue weighted by Gasteiger charge is -2.27. The van der Waals surface area contributed by atoms with E-state index in [-0.39, 0.29) is 23.6 Å². The monoisotopic (exact) mass is 383 g/mol. The molecule has 7 heteroatoms. The van der Waals surface area contributed by atoms with Crippen LogP contribution >= 0.6 is 11.6 Å². The van der Waals surface area contributed by atoms with Gasteiger partial charge >= 0.3 is 6.18 Å². The van der Waals surface area contributed by atoms with Crippen LogP contribution < -0.4 is 0 Å². The van der Waals surface area contributed by atoms with Crippen molar-refractivity contribution in [3.8, 4) is 0 Å². The number of aliphatic hydroxyl groups is 1. The van der Waals surface area contributed by atoms with Gasteiger partial charge < -0.3 is 5.11 Å². The topological polar surface area (TPSA) is 50.2 Å². The van der Waals surface area contributed by atoms with Crippen molar-refractivity contribution in [1.82, 2.24) is 4.98 Å². The third-order valence-electron chi connectivity index (χ3n) is 4.70. The van der Waals surface area contributed by atoms with Gasteiger partial charge in [0.2, 0.25) is 0 Å². The van der Waals surface area contributed by atoms with Crippen LogP contribution in [-0.2, 0) is 17.4 Å². The van der Waals surface area contributed by atoms with Crippen molar-refractivity contribution in [3.63, 3.8) is 0 Å². The van der Waals surface area contributed by atoms with Gasteiger partial charge in [-0.3, -0.25) is 9.78 Å². The van der Waals surface area contributed by atoms with Gasteiger partial charge in [0.15, 0.2) is 0 Å². The Kier molecular flexibility index (Phi) is 5.34. The number of ketones is 1. The highest BCUT2D eigenvalue weighted by atomic mass is 35.5. The van der Waals surface area contributed by atoms with Crippen molar-refractivity contribution in [2.45, 2.75) is 43.9 Å². The standard InChI is InChI=1S/C19H17ClF3NO2/c20-17-11(3-1-5-14(17)19(21,22)23)6-8-15(25)12-7-9-16(26)18-13(12)4-2-10-24-18/h1-5,10,12,16,26H,6-9H2. The van der Waals surface area contributed by atoms with Crippen LogP contribution in [0.5, 0.6) is 0 Å². The summed E-state index contributed by atoms with van der Waals surface area (Å²) in [6, 6.07) is 7.21. The molecule has 2 atom stereocenters. The number of fused-ring (bicyclic) bond motifs is 1. The van der Waals surface area contributed by atoms with E-state index in [4.69, 9.17) is 11.6 Å². The molecule has 138 valence electrons. The van der Waals surface area contributed by atoms with E-state index in [1.54, 1.807) is 18.3 Å². The number of aryl methyl sites for hydroxylation is 1. The molecule has 0 spiro atoms. The number of nitrogens with zero attached hydrogens (tertiary/aromatic N) is 1. The highest BCUT2D eigenvalue weighted by Crippen LogP contribution is 2.39. The number of Topliss-reactive ketones (excluding diaryl/α,β-unsaturated/α-hetero) is 1. The lowest BCUT2D eigenvalue weighted by Crippen LogP contribution is -2.22. The normalized spacial score (nSPS) is 19.9. The number of hydrogen-bond donors (Lipinski definition) is 1. The molecule has 1 aromatic carbocycles. The Balaban J connectivity index is 1.76. The number of hydrogen-bond acceptors (Lipinski definition) is 3. The third-order valence-corrected chi connectivity index (χ3v) is 5.15. The van der Waals surface area contributed by atoms with Gasteiger partial charge in [0.1, 0.15) is 5.78 Å². The maximum absolute atomic E-state index is 12.9. The number of aromatic nitrogens is 1. The van der Waals surface area contributed by atoms with Gasteiger partial charge in [0.05, 0.1) is 22.4 Å². The molecule has 0 fully saturated rings. The second-order valence-electron chi connectivity index (χ2n) is 6.37. The number of carbonyl (C=O) groups is 1. The van der Waals surface area contributed by atoms with E-state index in [0.29, 0.717) is 29.7 Å². The maximum Gasteiger partial charge on any atom is 0.417 e. The predicted molar refractivity (Wildman–Crippen MR) is 91.0 cm³/mol. The van der Waals surface area contributed by atoms with Gasteiger partial charge in [-0.15, -0.1) is 0 Å². The van der Waals surface area contributed by atoms with Crippen molar-refractivity contribution < 1.29 is 23.1 Å². The zero-order valence-corrected chi connectivity index (χ0v) is 14.5. The Bertz CT molecular complexity index is 823. The van der Waals surface area contributed by atoms with Crippen LogP contribution in [0.15, 0.2) is 36.5 Å². The Hall–Kier alpha value is -1.92. The summed E-state index contributed by atoms with van der Waals surface area (Å²) in [5.41, 5.74) is 0.622. The molecule has 0 amide bonds. The van der Waals surface area contributed by atoms with E-state index in [0.717, 1.165) is 6.07 Å². The average Bonchev–Trinajstić information content (AvgIpc) is 2.60. The van der Waals surface area contributed by atoms with E-state index < -0.39 is 23.8 Å². The highest BCUT2D eigenvalue weighted by Gasteiger charge is 2.34. The number of aliphatic hydroxyl groups excluding tert-OH is 1. The number of alkyl halides is 3. The van der Waals surface area contributed by atoms with Gasteiger partial charge in [-0.1, -0.05) is 29.8 Å². The molecule has 0 aliphatic heterocycles. The zero-order chi connectivity index (χ0) is 18.9. The Morgan fingerprint density at radius 1 is 1.23 bits per heavy atom. The molecule has 1 aliphatic carbocycles. The van der Waals surface area contributed by atoms with Crippen LogP contribution in [0, 0.1) is 0 Å². The molecule has 1 aliphatic rings. The highest BCUT2D eigenvalue weighted by molar-refractivity contribution is 6.32. The predicted octanol–water partition coefficient (Wildman–Crippen LogP) is 4.87. The molecule has 0 radical (unpaired) electrons. The van der Waals surface area contributed by atoms with Crippen molar-refractivity contribution in [2.24, 2.45) is 0 Å². The van der Waals surface area contributed by atoms with Crippen LogP contribution in [0.25, 0.3) is 0 Å². The first-order valence-electron chi connectivity index (χ1n) is 8.29. The van der Waals surface area contributed by atoms with Gasteiger partial charge in [0.25, 0.3) is 0 Å². The summed E-state index contributed by atoms with van der Waals surface area (Å²) in [6.07, 6.45) is -2.50. The first-order chi connectivity index (χ1) is 12.3. The summed E-state index contributed by atoms with van der Waals surface area (Å²) in [5.74, 6) is -0.480. The molecule has 1 heterocycles. The fraction of sp³-hybridized carbons (Fsp3) is 0.368. The molecule has 2 unspecified atom stereocenters. The molecule has 1 N–H and O–H groups in total. The Labute approximate surface area is 153 Å². The van der Waals surface area contributed by atoms with Crippen molar-refractivity contribution in [3.05, 3.63) is 63.9 Å². The average molecular weight is 384 g/mol. The maximum atomic E-state index is 12.9. The van der Waals surface area contributed by atoms with Crippen molar-refractivity contribution in [2.75, 3.05) is 0 Å². The number of carbonyl (C=O) groups excluding carboxylic acids is 1. The summed E-state index contributed by atoms with van der Waals surface area (Å²) >= 11 is 5.89. The zero-order valence-electron chi connectivity index (χ0n) is 13.8. The van der Waals surface area contributed by atoms with Crippen LogP contribution in [0.4, 0.5) is 13.2 Å². The van der Waals surface area contributed by atoms with Crippen molar-refractivity contribution in [1.29, 1.82) is 0 Å². The van der Waals surface area contributed by atoms with E-state index >= 15 is 0 Å². The van der Waals surface area contributed by atoms with E-state index in [1.165, 1.54) is 12.1 Å². The van der Waals surface area contributed by atoms with E-state index in [9.17, 15) is 23.1 Å². The number of benzene rings is 1. The SMILES string of the molecule is O=C(CCc1cccc(C(F)(F)F)c1Cl)C1CCC(O)c2ncccc21. The van der Waals surface area contributed by atoms with E-state index in [2.05, 4.69) is 4.98 Å². The molecule has 2 aromatic rings. The Morgan fingerprint density at radius 2 is 2.00 bits per heavy atom. The van der Waals surface area contributed by atoms with Crippen LogP contribution in [-0.4, -0.2) is 15.9 Å². The van der Waals surface area contributed by atoms with Crippen LogP contribution in [0.2, 0.25) is 5.02 Å². The minimum absolute atomic E-state index is 0.0795. The van der Waals surface area contributed by atoms with Gasteiger partial charge in [-0.2, -0.15) is 13.2 Å². The summed E-state index contributed by atoms with van der Waals surface area (Å²) < 4.78 is 38.8. The summed E-state index contributed by atoms with van der Waals surface area (Å²) in [4.78, 5) is 16.8. The number of halogens is 4. The molecule has 0 bridgehead atoms. The summed E-state index contributed by atoms with van der Waals surface area (Å²) in [5, 5.41) is 9.66. The molecular formula is C19H17ClF3NO2. The first kappa shape index (κ1) is 18.9. The lowest BCUT2D eigenvalue weighted by molar-refractivity contribution is -0.137. The molecule has 0 saturated heterocycles. The molecule has 1 aromatic heterocycles. The molecular weight excluding hydrogens is 367 g/mol. The van der Waals surface area contributed by atoms with E-state index in [1.807, 2.05) is 0 Å². The molecule has 3 nitrogen and oxygen atoms in total. The van der Waals surface area contributed by atoms with Crippen LogP contribution in [0.1, 0.15) is 53.7 Å². The summed E-state index contributed by atoms with van der Waals surface area (Å²) in [6.45, 7) is 0. The van der Waals surface area contributed by atoms with Gasteiger partial charge in [0, 0.05) is 18.5 Å². The summed E-state index contributed by atoms with van der Waals surface area (Å²) in [7, 11) is 0. The third kappa shape index (κ3) is 3.76. The number of pyridine rings is 1. The lowest BCUT2D eigenvalue weighted by atomic mass is 9.80. The van der Waals surface area contributed by atoms with Gasteiger partial charge in [-0.05, 0) is 42.5 Å². The largest absolute Gasteiger partial charge is 0.417 e. The molecule has 26 heavy (non-hydrogen) atoms.